The molecule has 2 aromatic rings. The molecule has 0 aromatic heterocycles. The first kappa shape index (κ1) is 21.9. The Balaban J connectivity index is 1.66. The number of ether oxygens (including phenoxy) is 2. The molecular formula is C22H26ClN3O4. The summed E-state index contributed by atoms with van der Waals surface area (Å²) in [5.41, 5.74) is 1.23. The molecule has 1 atom stereocenters. The molecular weight excluding hydrogens is 406 g/mol. The van der Waals surface area contributed by atoms with Crippen LogP contribution < -0.4 is 19.7 Å². The molecule has 0 fully saturated rings. The van der Waals surface area contributed by atoms with Gasteiger partial charge >= 0.3 is 0 Å². The first-order valence-corrected chi connectivity index (χ1v) is 10.2. The first-order valence-electron chi connectivity index (χ1n) is 9.78. The molecule has 0 bridgehead atoms. The normalized spacial score (nSPS) is 15.6. The number of halogens is 1. The Morgan fingerprint density at radius 1 is 1.23 bits per heavy atom. The lowest BCUT2D eigenvalue weighted by molar-refractivity contribution is -0.125. The molecule has 0 saturated heterocycles. The second kappa shape index (κ2) is 9.82. The molecule has 1 heterocycles. The number of nitrogens with one attached hydrogen (secondary N) is 1. The predicted octanol–water partition coefficient (Wildman–Crippen LogP) is 3.42. The van der Waals surface area contributed by atoms with Crippen molar-refractivity contribution in [1.82, 2.24) is 4.90 Å². The third kappa shape index (κ3) is 5.64. The number of fused-ring (bicyclic) bond motifs is 1. The predicted molar refractivity (Wildman–Crippen MR) is 118 cm³/mol. The SMILES string of the molecule is CC1Oc2ccc(NC(=O)COc3ccc(Cl)cc3)cc2N(CCCN(C)C)C1=O. The highest BCUT2D eigenvalue weighted by Gasteiger charge is 2.31. The van der Waals surface area contributed by atoms with E-state index in [1.165, 1.54) is 0 Å². The van der Waals surface area contributed by atoms with Crippen LogP contribution in [0.25, 0.3) is 0 Å². The smallest absolute Gasteiger partial charge is 0.267 e. The summed E-state index contributed by atoms with van der Waals surface area (Å²) in [6.07, 6.45) is 0.293. The molecule has 0 radical (unpaired) electrons. The average Bonchev–Trinajstić information content (AvgIpc) is 2.70. The lowest BCUT2D eigenvalue weighted by Gasteiger charge is -2.33. The number of anilines is 2. The Kier molecular flexibility index (Phi) is 7.18. The summed E-state index contributed by atoms with van der Waals surface area (Å²) >= 11 is 5.84. The lowest BCUT2D eigenvalue weighted by atomic mass is 10.1. The summed E-state index contributed by atoms with van der Waals surface area (Å²) in [6.45, 7) is 3.05. The Hall–Kier alpha value is -2.77. The summed E-state index contributed by atoms with van der Waals surface area (Å²) in [4.78, 5) is 28.7. The van der Waals surface area contributed by atoms with E-state index >= 15 is 0 Å². The zero-order valence-electron chi connectivity index (χ0n) is 17.4. The zero-order valence-corrected chi connectivity index (χ0v) is 18.1. The Morgan fingerprint density at radius 3 is 2.67 bits per heavy atom. The van der Waals surface area contributed by atoms with Crippen molar-refractivity contribution >= 4 is 34.8 Å². The summed E-state index contributed by atoms with van der Waals surface area (Å²) in [5, 5.41) is 3.40. The maximum absolute atomic E-state index is 12.7. The molecule has 2 amide bonds. The Bertz CT molecular complexity index is 902. The fourth-order valence-corrected chi connectivity index (χ4v) is 3.26. The number of carbonyl (C=O) groups is 2. The van der Waals surface area contributed by atoms with Crippen molar-refractivity contribution in [3.63, 3.8) is 0 Å². The number of hydrogen-bond donors (Lipinski definition) is 1. The molecule has 0 spiro atoms. The van der Waals surface area contributed by atoms with Crippen LogP contribution in [0, 0.1) is 0 Å². The number of hydrogen-bond acceptors (Lipinski definition) is 5. The average molecular weight is 432 g/mol. The van der Waals surface area contributed by atoms with Crippen LogP contribution in [0.2, 0.25) is 5.02 Å². The molecule has 160 valence electrons. The van der Waals surface area contributed by atoms with Gasteiger partial charge in [0.25, 0.3) is 11.8 Å². The maximum atomic E-state index is 12.7. The van der Waals surface area contributed by atoms with Gasteiger partial charge in [0.2, 0.25) is 0 Å². The van der Waals surface area contributed by atoms with Gasteiger partial charge in [0.1, 0.15) is 11.5 Å². The topological polar surface area (TPSA) is 71.1 Å². The van der Waals surface area contributed by atoms with Gasteiger partial charge in [0, 0.05) is 17.3 Å². The van der Waals surface area contributed by atoms with Crippen molar-refractivity contribution in [3.05, 3.63) is 47.5 Å². The van der Waals surface area contributed by atoms with Gasteiger partial charge in [-0.25, -0.2) is 0 Å². The van der Waals surface area contributed by atoms with Gasteiger partial charge in [0.05, 0.1) is 5.69 Å². The molecule has 0 aliphatic carbocycles. The van der Waals surface area contributed by atoms with Crippen LogP contribution in [0.4, 0.5) is 11.4 Å². The second-order valence-corrected chi connectivity index (χ2v) is 7.82. The summed E-state index contributed by atoms with van der Waals surface area (Å²) in [7, 11) is 3.99. The van der Waals surface area contributed by atoms with Gasteiger partial charge in [-0.2, -0.15) is 0 Å². The monoisotopic (exact) mass is 431 g/mol. The largest absolute Gasteiger partial charge is 0.484 e. The van der Waals surface area contributed by atoms with Crippen molar-refractivity contribution in [2.24, 2.45) is 0 Å². The van der Waals surface area contributed by atoms with Crippen LogP contribution in [0.1, 0.15) is 13.3 Å². The second-order valence-electron chi connectivity index (χ2n) is 7.38. The highest BCUT2D eigenvalue weighted by molar-refractivity contribution is 6.30. The standard InChI is InChI=1S/C22H26ClN3O4/c1-15-22(28)26(12-4-11-25(2)3)19-13-17(7-10-20(19)30-15)24-21(27)14-29-18-8-5-16(23)6-9-18/h5-10,13,15H,4,11-12,14H2,1-3H3,(H,24,27). The van der Waals surface area contributed by atoms with E-state index in [-0.39, 0.29) is 18.4 Å². The van der Waals surface area contributed by atoms with Crippen LogP contribution in [-0.2, 0) is 9.59 Å². The van der Waals surface area contributed by atoms with Gasteiger partial charge < -0.3 is 24.6 Å². The molecule has 7 nitrogen and oxygen atoms in total. The molecule has 1 aliphatic rings. The van der Waals surface area contributed by atoms with Crippen molar-refractivity contribution < 1.29 is 19.1 Å². The third-order valence-electron chi connectivity index (χ3n) is 4.62. The molecule has 30 heavy (non-hydrogen) atoms. The van der Waals surface area contributed by atoms with E-state index in [1.807, 2.05) is 14.1 Å². The summed E-state index contributed by atoms with van der Waals surface area (Å²) in [6, 6.07) is 12.1. The minimum Gasteiger partial charge on any atom is -0.484 e. The minimum absolute atomic E-state index is 0.0872. The van der Waals surface area contributed by atoms with Crippen molar-refractivity contribution in [3.8, 4) is 11.5 Å². The summed E-state index contributed by atoms with van der Waals surface area (Å²) < 4.78 is 11.2. The van der Waals surface area contributed by atoms with Gasteiger partial charge in [-0.3, -0.25) is 9.59 Å². The fraction of sp³-hybridized carbons (Fsp3) is 0.364. The number of carbonyl (C=O) groups excluding carboxylic acids is 2. The van der Waals surface area contributed by atoms with E-state index < -0.39 is 6.10 Å². The highest BCUT2D eigenvalue weighted by atomic mass is 35.5. The molecule has 1 unspecified atom stereocenters. The van der Waals surface area contributed by atoms with E-state index in [9.17, 15) is 9.59 Å². The number of benzene rings is 2. The van der Waals surface area contributed by atoms with Crippen molar-refractivity contribution in [2.45, 2.75) is 19.4 Å². The van der Waals surface area contributed by atoms with Crippen LogP contribution in [-0.4, -0.2) is 56.6 Å². The van der Waals surface area contributed by atoms with E-state index in [2.05, 4.69) is 10.2 Å². The Labute approximate surface area is 181 Å². The van der Waals surface area contributed by atoms with Crippen LogP contribution in [0.15, 0.2) is 42.5 Å². The van der Waals surface area contributed by atoms with E-state index in [0.29, 0.717) is 34.4 Å². The van der Waals surface area contributed by atoms with E-state index in [1.54, 1.807) is 54.3 Å². The van der Waals surface area contributed by atoms with Crippen molar-refractivity contribution in [1.29, 1.82) is 0 Å². The van der Waals surface area contributed by atoms with Gasteiger partial charge in [-0.05, 0) is 76.4 Å². The Morgan fingerprint density at radius 2 is 1.97 bits per heavy atom. The van der Waals surface area contributed by atoms with Crippen LogP contribution in [0.5, 0.6) is 11.5 Å². The van der Waals surface area contributed by atoms with E-state index in [0.717, 1.165) is 13.0 Å². The summed E-state index contributed by atoms with van der Waals surface area (Å²) in [5.74, 6) is 0.790. The first-order chi connectivity index (χ1) is 14.3. The van der Waals surface area contributed by atoms with Crippen LogP contribution in [0.3, 0.4) is 0 Å². The quantitative estimate of drug-likeness (QED) is 0.693. The van der Waals surface area contributed by atoms with Gasteiger partial charge in [-0.15, -0.1) is 0 Å². The molecule has 0 saturated carbocycles. The van der Waals surface area contributed by atoms with Gasteiger partial charge in [0.15, 0.2) is 12.7 Å². The molecule has 1 N–H and O–H groups in total. The lowest BCUT2D eigenvalue weighted by Crippen LogP contribution is -2.45. The third-order valence-corrected chi connectivity index (χ3v) is 4.87. The van der Waals surface area contributed by atoms with Gasteiger partial charge in [-0.1, -0.05) is 11.6 Å². The molecule has 1 aliphatic heterocycles. The molecule has 8 heteroatoms. The molecule has 3 rings (SSSR count). The zero-order chi connectivity index (χ0) is 21.7. The van der Waals surface area contributed by atoms with Crippen molar-refractivity contribution in [2.75, 3.05) is 44.0 Å². The highest BCUT2D eigenvalue weighted by Crippen LogP contribution is 2.36. The maximum Gasteiger partial charge on any atom is 0.267 e. The molecule has 2 aromatic carbocycles. The minimum atomic E-state index is -0.537. The number of nitrogens with zero attached hydrogens (tertiary/aromatic N) is 2. The fourth-order valence-electron chi connectivity index (χ4n) is 3.14. The number of rotatable bonds is 8. The number of amides is 2. The van der Waals surface area contributed by atoms with Crippen LogP contribution >= 0.6 is 11.6 Å². The van der Waals surface area contributed by atoms with E-state index in [4.69, 9.17) is 21.1 Å².